The van der Waals surface area contributed by atoms with Crippen LogP contribution in [0.2, 0.25) is 0 Å². The van der Waals surface area contributed by atoms with Gasteiger partial charge in [0, 0.05) is 49.5 Å². The Kier molecular flexibility index (Phi) is 9.29. The van der Waals surface area contributed by atoms with Crippen LogP contribution in [0.5, 0.6) is 0 Å². The van der Waals surface area contributed by atoms with Crippen molar-refractivity contribution < 1.29 is 14.7 Å². The topological polar surface area (TPSA) is 93.7 Å². The standard InChI is InChI=1S/C30H36N4O3/c1-2-32-25-17-24(18-26(19-25)34-15-9-14-29(34)36)30(37)33-27(16-22-10-5-3-6-11-22)28(35)21-31-20-23-12-7-4-8-13-23/h3-8,10-13,17-19,27-28,31-32,35H,2,9,14-16,20-21H2,1H3,(H,33,37)/t27-,28-/m0/s1. The van der Waals surface area contributed by atoms with E-state index in [0.717, 1.165) is 28.9 Å². The second kappa shape index (κ2) is 13.0. The van der Waals surface area contributed by atoms with Crippen LogP contribution in [0, 0.1) is 0 Å². The molecule has 1 fully saturated rings. The lowest BCUT2D eigenvalue weighted by molar-refractivity contribution is -0.117. The smallest absolute Gasteiger partial charge is 0.251 e. The summed E-state index contributed by atoms with van der Waals surface area (Å²) in [5, 5.41) is 20.7. The molecule has 2 atom stereocenters. The van der Waals surface area contributed by atoms with Crippen molar-refractivity contribution in [2.45, 2.75) is 44.9 Å². The summed E-state index contributed by atoms with van der Waals surface area (Å²) in [6.45, 7) is 4.29. The maximum atomic E-state index is 13.5. The van der Waals surface area contributed by atoms with Crippen molar-refractivity contribution in [2.24, 2.45) is 0 Å². The van der Waals surface area contributed by atoms with Crippen LogP contribution >= 0.6 is 0 Å². The number of benzene rings is 3. The van der Waals surface area contributed by atoms with Crippen molar-refractivity contribution in [1.29, 1.82) is 0 Å². The van der Waals surface area contributed by atoms with Gasteiger partial charge in [0.25, 0.3) is 5.91 Å². The predicted octanol–water partition coefficient (Wildman–Crippen LogP) is 3.74. The molecule has 0 spiro atoms. The quantitative estimate of drug-likeness (QED) is 0.304. The van der Waals surface area contributed by atoms with Gasteiger partial charge in [0.1, 0.15) is 0 Å². The number of aliphatic hydroxyl groups is 1. The van der Waals surface area contributed by atoms with E-state index in [1.807, 2.05) is 73.7 Å². The minimum atomic E-state index is -0.801. The molecule has 37 heavy (non-hydrogen) atoms. The Morgan fingerprint density at radius 3 is 2.35 bits per heavy atom. The molecule has 3 aromatic carbocycles. The van der Waals surface area contributed by atoms with Gasteiger partial charge in [-0.15, -0.1) is 0 Å². The van der Waals surface area contributed by atoms with Crippen LogP contribution in [0.15, 0.2) is 78.9 Å². The first kappa shape index (κ1) is 26.4. The van der Waals surface area contributed by atoms with Crippen molar-refractivity contribution in [2.75, 3.05) is 29.9 Å². The third kappa shape index (κ3) is 7.41. The molecule has 0 radical (unpaired) electrons. The Morgan fingerprint density at radius 2 is 1.70 bits per heavy atom. The minimum absolute atomic E-state index is 0.0712. The number of hydrogen-bond donors (Lipinski definition) is 4. The summed E-state index contributed by atoms with van der Waals surface area (Å²) >= 11 is 0. The van der Waals surface area contributed by atoms with E-state index in [2.05, 4.69) is 16.0 Å². The number of anilines is 2. The molecule has 7 nitrogen and oxygen atoms in total. The van der Waals surface area contributed by atoms with Crippen LogP contribution in [0.25, 0.3) is 0 Å². The summed E-state index contributed by atoms with van der Waals surface area (Å²) in [6.07, 6.45) is 1.02. The minimum Gasteiger partial charge on any atom is -0.390 e. The molecule has 7 heteroatoms. The van der Waals surface area contributed by atoms with E-state index >= 15 is 0 Å². The van der Waals surface area contributed by atoms with Gasteiger partial charge >= 0.3 is 0 Å². The molecule has 1 aliphatic heterocycles. The lowest BCUT2D eigenvalue weighted by Crippen LogP contribution is -2.48. The van der Waals surface area contributed by atoms with Gasteiger partial charge in [-0.3, -0.25) is 9.59 Å². The highest BCUT2D eigenvalue weighted by molar-refractivity contribution is 6.00. The third-order valence-electron chi connectivity index (χ3n) is 6.55. The Hall–Kier alpha value is -3.68. The van der Waals surface area contributed by atoms with Crippen LogP contribution in [0.4, 0.5) is 11.4 Å². The molecule has 4 rings (SSSR count). The normalized spacial score (nSPS) is 14.9. The number of carbonyl (C=O) groups is 2. The van der Waals surface area contributed by atoms with Crippen molar-refractivity contribution in [3.63, 3.8) is 0 Å². The largest absolute Gasteiger partial charge is 0.390 e. The first-order valence-corrected chi connectivity index (χ1v) is 13.0. The molecule has 0 aliphatic carbocycles. The van der Waals surface area contributed by atoms with Crippen LogP contribution in [0.3, 0.4) is 0 Å². The van der Waals surface area contributed by atoms with Crippen molar-refractivity contribution in [1.82, 2.24) is 10.6 Å². The van der Waals surface area contributed by atoms with E-state index < -0.39 is 12.1 Å². The van der Waals surface area contributed by atoms with Gasteiger partial charge in [-0.2, -0.15) is 0 Å². The van der Waals surface area contributed by atoms with Crippen LogP contribution in [-0.2, 0) is 17.8 Å². The van der Waals surface area contributed by atoms with E-state index in [9.17, 15) is 14.7 Å². The fourth-order valence-electron chi connectivity index (χ4n) is 4.63. The number of nitrogens with zero attached hydrogens (tertiary/aromatic N) is 1. The van der Waals surface area contributed by atoms with Gasteiger partial charge in [-0.05, 0) is 49.1 Å². The van der Waals surface area contributed by atoms with E-state index in [1.54, 1.807) is 17.0 Å². The SMILES string of the molecule is CCNc1cc(C(=O)N[C@@H](Cc2ccccc2)[C@@H](O)CNCc2ccccc2)cc(N2CCCC2=O)c1. The van der Waals surface area contributed by atoms with Crippen molar-refractivity contribution >= 4 is 23.2 Å². The molecule has 4 N–H and O–H groups in total. The van der Waals surface area contributed by atoms with E-state index in [-0.39, 0.29) is 11.8 Å². The number of nitrogens with one attached hydrogen (secondary N) is 3. The highest BCUT2D eigenvalue weighted by Crippen LogP contribution is 2.27. The summed E-state index contributed by atoms with van der Waals surface area (Å²) in [6, 6.07) is 24.8. The molecule has 1 saturated heterocycles. The van der Waals surface area contributed by atoms with E-state index in [1.165, 1.54) is 0 Å². The molecule has 2 amide bonds. The molecule has 194 valence electrons. The molecule has 1 heterocycles. The van der Waals surface area contributed by atoms with Gasteiger partial charge in [-0.1, -0.05) is 60.7 Å². The fraction of sp³-hybridized carbons (Fsp3) is 0.333. The van der Waals surface area contributed by atoms with Gasteiger partial charge in [0.15, 0.2) is 0 Å². The maximum absolute atomic E-state index is 13.5. The van der Waals surface area contributed by atoms with Crippen LogP contribution in [0.1, 0.15) is 41.3 Å². The zero-order chi connectivity index (χ0) is 26.0. The predicted molar refractivity (Wildman–Crippen MR) is 148 cm³/mol. The van der Waals surface area contributed by atoms with Gasteiger partial charge < -0.3 is 26.0 Å². The summed E-state index contributed by atoms with van der Waals surface area (Å²) < 4.78 is 0. The molecular formula is C30H36N4O3. The first-order valence-electron chi connectivity index (χ1n) is 13.0. The number of amides is 2. The second-order valence-corrected chi connectivity index (χ2v) is 9.40. The first-order chi connectivity index (χ1) is 18.0. The lowest BCUT2D eigenvalue weighted by Gasteiger charge is -2.25. The zero-order valence-corrected chi connectivity index (χ0v) is 21.3. The molecule has 0 bridgehead atoms. The van der Waals surface area contributed by atoms with Crippen LogP contribution < -0.4 is 20.9 Å². The fourth-order valence-corrected chi connectivity index (χ4v) is 4.63. The average Bonchev–Trinajstić information content (AvgIpc) is 3.35. The number of rotatable bonds is 12. The molecule has 0 unspecified atom stereocenters. The van der Waals surface area contributed by atoms with Crippen LogP contribution in [-0.4, -0.2) is 48.7 Å². The van der Waals surface area contributed by atoms with Crippen molar-refractivity contribution in [3.8, 4) is 0 Å². The molecule has 0 saturated carbocycles. The summed E-state index contributed by atoms with van der Waals surface area (Å²) in [5.74, 6) is -0.211. The molecule has 0 aromatic heterocycles. The number of hydrogen-bond acceptors (Lipinski definition) is 5. The Balaban J connectivity index is 1.50. The highest BCUT2D eigenvalue weighted by atomic mass is 16.3. The highest BCUT2D eigenvalue weighted by Gasteiger charge is 2.25. The number of aliphatic hydroxyl groups excluding tert-OH is 1. The van der Waals surface area contributed by atoms with Gasteiger partial charge in [0.05, 0.1) is 12.1 Å². The molecule has 1 aliphatic rings. The third-order valence-corrected chi connectivity index (χ3v) is 6.55. The average molecular weight is 501 g/mol. The number of carbonyl (C=O) groups excluding carboxylic acids is 2. The van der Waals surface area contributed by atoms with Gasteiger partial charge in [0.2, 0.25) is 5.91 Å². The maximum Gasteiger partial charge on any atom is 0.251 e. The van der Waals surface area contributed by atoms with Crippen molar-refractivity contribution in [3.05, 3.63) is 95.6 Å². The lowest BCUT2D eigenvalue weighted by atomic mass is 10.00. The van der Waals surface area contributed by atoms with Gasteiger partial charge in [-0.25, -0.2) is 0 Å². The zero-order valence-electron chi connectivity index (χ0n) is 21.3. The Morgan fingerprint density at radius 1 is 1.00 bits per heavy atom. The Bertz CT molecular complexity index is 1170. The summed E-state index contributed by atoms with van der Waals surface area (Å²) in [4.78, 5) is 27.6. The summed E-state index contributed by atoms with van der Waals surface area (Å²) in [7, 11) is 0. The van der Waals surface area contributed by atoms with E-state index in [4.69, 9.17) is 0 Å². The second-order valence-electron chi connectivity index (χ2n) is 9.40. The van der Waals surface area contributed by atoms with E-state index in [0.29, 0.717) is 44.6 Å². The molecule has 3 aromatic rings. The summed E-state index contributed by atoms with van der Waals surface area (Å²) in [5.41, 5.74) is 4.11. The Labute approximate surface area is 218 Å². The monoisotopic (exact) mass is 500 g/mol. The molecular weight excluding hydrogens is 464 g/mol.